The van der Waals surface area contributed by atoms with Crippen LogP contribution in [0.1, 0.15) is 28.2 Å². The van der Waals surface area contributed by atoms with Gasteiger partial charge in [0.25, 0.3) is 0 Å². The van der Waals surface area contributed by atoms with Crippen LogP contribution in [0.4, 0.5) is 0 Å². The zero-order valence-electron chi connectivity index (χ0n) is 9.65. The van der Waals surface area contributed by atoms with Crippen LogP contribution in [-0.2, 0) is 0 Å². The molecule has 0 radical (unpaired) electrons. The summed E-state index contributed by atoms with van der Waals surface area (Å²) in [7, 11) is 0. The molecule has 1 heteroatoms. The number of allylic oxidation sites excluding steroid dienone is 1. The first-order valence-electron chi connectivity index (χ1n) is 5.79. The lowest BCUT2D eigenvalue weighted by Crippen LogP contribution is -1.96. The van der Waals surface area contributed by atoms with E-state index in [1.54, 1.807) is 0 Å². The smallest absolute Gasteiger partial charge is 0.0278 e. The number of rotatable bonds is 1. The van der Waals surface area contributed by atoms with Gasteiger partial charge in [0.1, 0.15) is 0 Å². The zero-order chi connectivity index (χ0) is 11.8. The standard InChI is InChI=1S/C16H13Br/c1-11-9-15-13(10-16(11)17)7-8-14(15)12-5-3-2-4-6-12/h2-10,14H,1H3. The maximum atomic E-state index is 3.59. The average Bonchev–Trinajstić information content (AvgIpc) is 2.74. The van der Waals surface area contributed by atoms with Crippen molar-refractivity contribution < 1.29 is 0 Å². The predicted octanol–water partition coefficient (Wildman–Crippen LogP) is 4.92. The molecule has 1 unspecified atom stereocenters. The highest BCUT2D eigenvalue weighted by atomic mass is 79.9. The van der Waals surface area contributed by atoms with Crippen LogP contribution in [-0.4, -0.2) is 0 Å². The summed E-state index contributed by atoms with van der Waals surface area (Å²) in [5, 5.41) is 0. The van der Waals surface area contributed by atoms with E-state index in [4.69, 9.17) is 0 Å². The van der Waals surface area contributed by atoms with Crippen molar-refractivity contribution in [3.8, 4) is 0 Å². The van der Waals surface area contributed by atoms with Crippen LogP contribution < -0.4 is 0 Å². The van der Waals surface area contributed by atoms with Crippen molar-refractivity contribution >= 4 is 22.0 Å². The topological polar surface area (TPSA) is 0 Å². The van der Waals surface area contributed by atoms with Gasteiger partial charge in [-0.15, -0.1) is 0 Å². The van der Waals surface area contributed by atoms with E-state index in [2.05, 4.69) is 77.5 Å². The lowest BCUT2D eigenvalue weighted by atomic mass is 9.92. The molecular weight excluding hydrogens is 272 g/mol. The lowest BCUT2D eigenvalue weighted by Gasteiger charge is -2.13. The van der Waals surface area contributed by atoms with Crippen molar-refractivity contribution in [1.82, 2.24) is 0 Å². The molecule has 2 aromatic rings. The Kier molecular flexibility index (Phi) is 2.64. The molecule has 1 aliphatic rings. The van der Waals surface area contributed by atoms with Gasteiger partial charge in [-0.2, -0.15) is 0 Å². The minimum Gasteiger partial charge on any atom is -0.0720 e. The van der Waals surface area contributed by atoms with Crippen molar-refractivity contribution in [2.75, 3.05) is 0 Å². The first-order chi connectivity index (χ1) is 8.25. The van der Waals surface area contributed by atoms with E-state index in [1.165, 1.54) is 26.7 Å². The minimum absolute atomic E-state index is 0.415. The second-order valence-corrected chi connectivity index (χ2v) is 5.33. The number of hydrogen-bond acceptors (Lipinski definition) is 0. The summed E-state index contributed by atoms with van der Waals surface area (Å²) < 4.78 is 1.19. The molecule has 1 atom stereocenters. The van der Waals surface area contributed by atoms with Gasteiger partial charge in [0.2, 0.25) is 0 Å². The summed E-state index contributed by atoms with van der Waals surface area (Å²) >= 11 is 3.59. The van der Waals surface area contributed by atoms with Gasteiger partial charge in [-0.05, 0) is 35.2 Å². The Labute approximate surface area is 110 Å². The van der Waals surface area contributed by atoms with E-state index >= 15 is 0 Å². The maximum absolute atomic E-state index is 3.59. The van der Waals surface area contributed by atoms with Crippen LogP contribution >= 0.6 is 15.9 Å². The number of benzene rings is 2. The van der Waals surface area contributed by atoms with E-state index in [9.17, 15) is 0 Å². The van der Waals surface area contributed by atoms with E-state index in [1.807, 2.05) is 0 Å². The monoisotopic (exact) mass is 284 g/mol. The van der Waals surface area contributed by atoms with Crippen molar-refractivity contribution in [3.63, 3.8) is 0 Å². The summed E-state index contributed by atoms with van der Waals surface area (Å²) in [4.78, 5) is 0. The summed E-state index contributed by atoms with van der Waals surface area (Å²) in [6.07, 6.45) is 4.50. The van der Waals surface area contributed by atoms with Gasteiger partial charge < -0.3 is 0 Å². The van der Waals surface area contributed by atoms with Gasteiger partial charge >= 0.3 is 0 Å². The Bertz CT molecular complexity index is 582. The van der Waals surface area contributed by atoms with Crippen LogP contribution in [0, 0.1) is 6.92 Å². The van der Waals surface area contributed by atoms with Crippen LogP contribution in [0.25, 0.3) is 6.08 Å². The average molecular weight is 285 g/mol. The van der Waals surface area contributed by atoms with E-state index in [0.717, 1.165) is 0 Å². The first kappa shape index (κ1) is 10.8. The molecule has 17 heavy (non-hydrogen) atoms. The second-order valence-electron chi connectivity index (χ2n) is 4.48. The SMILES string of the molecule is Cc1cc2c(cc1Br)C=CC2c1ccccc1. The fraction of sp³-hybridized carbons (Fsp3) is 0.125. The third kappa shape index (κ3) is 1.85. The Balaban J connectivity index is 2.11. The molecular formula is C16H13Br. The van der Waals surface area contributed by atoms with Crippen molar-refractivity contribution in [2.45, 2.75) is 12.8 Å². The lowest BCUT2D eigenvalue weighted by molar-refractivity contribution is 1.04. The molecule has 0 heterocycles. The fourth-order valence-corrected chi connectivity index (χ4v) is 2.75. The highest BCUT2D eigenvalue weighted by Crippen LogP contribution is 2.37. The maximum Gasteiger partial charge on any atom is 0.0278 e. The number of aryl methyl sites for hydroxylation is 1. The first-order valence-corrected chi connectivity index (χ1v) is 6.58. The van der Waals surface area contributed by atoms with Gasteiger partial charge in [0.05, 0.1) is 0 Å². The van der Waals surface area contributed by atoms with Gasteiger partial charge in [0, 0.05) is 10.4 Å². The van der Waals surface area contributed by atoms with Crippen molar-refractivity contribution in [3.05, 3.63) is 75.3 Å². The molecule has 0 saturated carbocycles. The molecule has 0 saturated heterocycles. The van der Waals surface area contributed by atoms with Gasteiger partial charge in [-0.1, -0.05) is 64.5 Å². The van der Waals surface area contributed by atoms with E-state index in [0.29, 0.717) is 5.92 Å². The number of halogens is 1. The highest BCUT2D eigenvalue weighted by molar-refractivity contribution is 9.10. The molecule has 0 spiro atoms. The third-order valence-electron chi connectivity index (χ3n) is 3.33. The van der Waals surface area contributed by atoms with Gasteiger partial charge in [0.15, 0.2) is 0 Å². The second kappa shape index (κ2) is 4.15. The van der Waals surface area contributed by atoms with Crippen LogP contribution in [0.15, 0.2) is 53.0 Å². The van der Waals surface area contributed by atoms with Crippen LogP contribution in [0.5, 0.6) is 0 Å². The number of fused-ring (bicyclic) bond motifs is 1. The van der Waals surface area contributed by atoms with Crippen LogP contribution in [0.3, 0.4) is 0 Å². The van der Waals surface area contributed by atoms with E-state index < -0.39 is 0 Å². The molecule has 0 fully saturated rings. The molecule has 0 aromatic heterocycles. The van der Waals surface area contributed by atoms with Crippen LogP contribution in [0.2, 0.25) is 0 Å². The van der Waals surface area contributed by atoms with Gasteiger partial charge in [-0.25, -0.2) is 0 Å². The summed E-state index contributed by atoms with van der Waals surface area (Å²) in [6, 6.07) is 15.2. The molecule has 84 valence electrons. The third-order valence-corrected chi connectivity index (χ3v) is 4.18. The Morgan fingerprint density at radius 2 is 1.82 bits per heavy atom. The molecule has 2 aromatic carbocycles. The Morgan fingerprint density at radius 1 is 1.06 bits per heavy atom. The Hall–Kier alpha value is -1.34. The van der Waals surface area contributed by atoms with E-state index in [-0.39, 0.29) is 0 Å². The predicted molar refractivity (Wildman–Crippen MR) is 76.2 cm³/mol. The Morgan fingerprint density at radius 3 is 2.59 bits per heavy atom. The highest BCUT2D eigenvalue weighted by Gasteiger charge is 2.19. The summed E-state index contributed by atoms with van der Waals surface area (Å²) in [5.74, 6) is 0.415. The normalized spacial score (nSPS) is 17.2. The molecule has 3 rings (SSSR count). The largest absolute Gasteiger partial charge is 0.0720 e. The molecule has 0 bridgehead atoms. The number of hydrogen-bond donors (Lipinski definition) is 0. The minimum atomic E-state index is 0.415. The van der Waals surface area contributed by atoms with Crippen molar-refractivity contribution in [2.24, 2.45) is 0 Å². The van der Waals surface area contributed by atoms with Crippen molar-refractivity contribution in [1.29, 1.82) is 0 Å². The summed E-state index contributed by atoms with van der Waals surface area (Å²) in [5.41, 5.74) is 5.41. The molecule has 0 amide bonds. The summed E-state index contributed by atoms with van der Waals surface area (Å²) in [6.45, 7) is 2.14. The fourth-order valence-electron chi connectivity index (χ4n) is 2.39. The molecule has 0 nitrogen and oxygen atoms in total. The quantitative estimate of drug-likeness (QED) is 0.698. The molecule has 0 aliphatic heterocycles. The molecule has 1 aliphatic carbocycles. The molecule has 0 N–H and O–H groups in total. The van der Waals surface area contributed by atoms with Gasteiger partial charge in [-0.3, -0.25) is 0 Å². The zero-order valence-corrected chi connectivity index (χ0v) is 11.2.